The zero-order chi connectivity index (χ0) is 14.3. The minimum Gasteiger partial charge on any atom is -0.380 e. The Balaban J connectivity index is 2.28. The summed E-state index contributed by atoms with van der Waals surface area (Å²) >= 11 is 3.15. The second-order valence-corrected chi connectivity index (χ2v) is 5.59. The highest BCUT2D eigenvalue weighted by Gasteiger charge is 2.10. The zero-order valence-corrected chi connectivity index (χ0v) is 12.8. The lowest BCUT2D eigenvalue weighted by molar-refractivity contribution is 0.0902. The molecule has 3 nitrogen and oxygen atoms in total. The van der Waals surface area contributed by atoms with Crippen molar-refractivity contribution in [3.8, 4) is 0 Å². The van der Waals surface area contributed by atoms with E-state index in [2.05, 4.69) is 35.1 Å². The van der Waals surface area contributed by atoms with Gasteiger partial charge in [0.2, 0.25) is 0 Å². The van der Waals surface area contributed by atoms with Crippen molar-refractivity contribution in [3.63, 3.8) is 0 Å². The standard InChI is InChI=1S/C14H19BrFNO2/c1-10(2)5-7-19-8-6-17-14(18)12-4-3-11(15)9-13(12)16/h3-4,9-10H,5-8H2,1-2H3,(H,17,18). The summed E-state index contributed by atoms with van der Waals surface area (Å²) < 4.78 is 19.5. The van der Waals surface area contributed by atoms with Gasteiger partial charge in [-0.2, -0.15) is 0 Å². The highest BCUT2D eigenvalue weighted by Crippen LogP contribution is 2.14. The summed E-state index contributed by atoms with van der Waals surface area (Å²) in [5.74, 6) is -0.350. The van der Waals surface area contributed by atoms with Crippen molar-refractivity contribution < 1.29 is 13.9 Å². The van der Waals surface area contributed by atoms with Gasteiger partial charge in [0, 0.05) is 17.6 Å². The van der Waals surface area contributed by atoms with Crippen molar-refractivity contribution in [1.82, 2.24) is 5.32 Å². The van der Waals surface area contributed by atoms with Gasteiger partial charge < -0.3 is 10.1 Å². The second kappa shape index (κ2) is 8.27. The van der Waals surface area contributed by atoms with Gasteiger partial charge in [0.05, 0.1) is 12.2 Å². The first-order chi connectivity index (χ1) is 9.00. The van der Waals surface area contributed by atoms with Crippen LogP contribution in [-0.2, 0) is 4.74 Å². The molecule has 0 bridgehead atoms. The zero-order valence-electron chi connectivity index (χ0n) is 11.2. The molecule has 0 aliphatic rings. The number of rotatable bonds is 7. The van der Waals surface area contributed by atoms with Gasteiger partial charge in [-0.05, 0) is 30.5 Å². The number of ether oxygens (including phenoxy) is 1. The number of carbonyl (C=O) groups is 1. The molecule has 106 valence electrons. The van der Waals surface area contributed by atoms with Crippen LogP contribution >= 0.6 is 15.9 Å². The van der Waals surface area contributed by atoms with Crippen molar-refractivity contribution in [2.45, 2.75) is 20.3 Å². The third kappa shape index (κ3) is 6.16. The van der Waals surface area contributed by atoms with E-state index in [-0.39, 0.29) is 5.56 Å². The molecule has 0 heterocycles. The molecular weight excluding hydrogens is 313 g/mol. The molecule has 0 aliphatic carbocycles. The van der Waals surface area contributed by atoms with Crippen LogP contribution in [0.1, 0.15) is 30.6 Å². The van der Waals surface area contributed by atoms with Crippen LogP contribution in [0.5, 0.6) is 0 Å². The van der Waals surface area contributed by atoms with Crippen LogP contribution in [0.4, 0.5) is 4.39 Å². The first kappa shape index (κ1) is 16.1. The second-order valence-electron chi connectivity index (χ2n) is 4.67. The van der Waals surface area contributed by atoms with Gasteiger partial charge in [-0.15, -0.1) is 0 Å². The molecule has 0 radical (unpaired) electrons. The van der Waals surface area contributed by atoms with Crippen molar-refractivity contribution in [2.75, 3.05) is 19.8 Å². The predicted octanol–water partition coefficient (Wildman–Crippen LogP) is 3.38. The van der Waals surface area contributed by atoms with Crippen LogP contribution in [-0.4, -0.2) is 25.7 Å². The predicted molar refractivity (Wildman–Crippen MR) is 76.7 cm³/mol. The van der Waals surface area contributed by atoms with Crippen LogP contribution in [0.25, 0.3) is 0 Å². The average molecular weight is 332 g/mol. The maximum Gasteiger partial charge on any atom is 0.254 e. The van der Waals surface area contributed by atoms with E-state index in [0.717, 1.165) is 6.42 Å². The Morgan fingerprint density at radius 2 is 2.16 bits per heavy atom. The van der Waals surface area contributed by atoms with E-state index in [1.54, 1.807) is 6.07 Å². The highest BCUT2D eigenvalue weighted by molar-refractivity contribution is 9.10. The SMILES string of the molecule is CC(C)CCOCCNC(=O)c1ccc(Br)cc1F. The topological polar surface area (TPSA) is 38.3 Å². The van der Waals surface area contributed by atoms with E-state index >= 15 is 0 Å². The summed E-state index contributed by atoms with van der Waals surface area (Å²) in [6.45, 7) is 5.76. The van der Waals surface area contributed by atoms with Gasteiger partial charge >= 0.3 is 0 Å². The fourth-order valence-electron chi connectivity index (χ4n) is 1.43. The molecule has 19 heavy (non-hydrogen) atoms. The van der Waals surface area contributed by atoms with Crippen LogP contribution in [0.2, 0.25) is 0 Å². The Morgan fingerprint density at radius 3 is 2.79 bits per heavy atom. The number of carbonyl (C=O) groups excluding carboxylic acids is 1. The molecule has 0 atom stereocenters. The molecule has 1 aromatic rings. The monoisotopic (exact) mass is 331 g/mol. The van der Waals surface area contributed by atoms with Crippen molar-refractivity contribution in [1.29, 1.82) is 0 Å². The van der Waals surface area contributed by atoms with Gasteiger partial charge in [0.15, 0.2) is 0 Å². The Labute approximate surface area is 121 Å². The van der Waals surface area contributed by atoms with Gasteiger partial charge in [0.1, 0.15) is 5.82 Å². The van der Waals surface area contributed by atoms with Gasteiger partial charge in [-0.3, -0.25) is 4.79 Å². The molecule has 5 heteroatoms. The van der Waals surface area contributed by atoms with Gasteiger partial charge in [-0.1, -0.05) is 29.8 Å². The van der Waals surface area contributed by atoms with E-state index in [1.807, 2.05) is 0 Å². The Morgan fingerprint density at radius 1 is 1.42 bits per heavy atom. The lowest BCUT2D eigenvalue weighted by Gasteiger charge is -2.08. The minimum absolute atomic E-state index is 0.0466. The molecule has 0 unspecified atom stereocenters. The molecule has 0 saturated heterocycles. The molecule has 0 spiro atoms. The van der Waals surface area contributed by atoms with E-state index < -0.39 is 11.7 Å². The third-order valence-electron chi connectivity index (χ3n) is 2.55. The Kier molecular flexibility index (Phi) is 7.02. The van der Waals surface area contributed by atoms with E-state index in [1.165, 1.54) is 12.1 Å². The minimum atomic E-state index is -0.535. The number of hydrogen-bond donors (Lipinski definition) is 1. The smallest absolute Gasteiger partial charge is 0.254 e. The summed E-state index contributed by atoms with van der Waals surface area (Å²) in [6.07, 6.45) is 0.995. The van der Waals surface area contributed by atoms with Gasteiger partial charge in [-0.25, -0.2) is 4.39 Å². The molecule has 0 saturated carbocycles. The largest absolute Gasteiger partial charge is 0.380 e. The molecule has 0 fully saturated rings. The molecule has 1 N–H and O–H groups in total. The fraction of sp³-hybridized carbons (Fsp3) is 0.500. The summed E-state index contributed by atoms with van der Waals surface area (Å²) in [4.78, 5) is 11.7. The van der Waals surface area contributed by atoms with E-state index in [0.29, 0.717) is 30.1 Å². The van der Waals surface area contributed by atoms with Crippen molar-refractivity contribution in [2.24, 2.45) is 5.92 Å². The molecule has 1 rings (SSSR count). The number of benzene rings is 1. The number of halogens is 2. The first-order valence-electron chi connectivity index (χ1n) is 6.31. The van der Waals surface area contributed by atoms with Crippen LogP contribution in [0, 0.1) is 11.7 Å². The highest BCUT2D eigenvalue weighted by atomic mass is 79.9. The third-order valence-corrected chi connectivity index (χ3v) is 3.04. The van der Waals surface area contributed by atoms with Crippen LogP contribution < -0.4 is 5.32 Å². The lowest BCUT2D eigenvalue weighted by atomic mass is 10.1. The number of amides is 1. The molecule has 1 aromatic carbocycles. The summed E-state index contributed by atoms with van der Waals surface area (Å²) in [5.41, 5.74) is 0.0466. The summed E-state index contributed by atoms with van der Waals surface area (Å²) in [5, 5.41) is 2.63. The molecule has 1 amide bonds. The van der Waals surface area contributed by atoms with E-state index in [4.69, 9.17) is 4.74 Å². The van der Waals surface area contributed by atoms with E-state index in [9.17, 15) is 9.18 Å². The van der Waals surface area contributed by atoms with Gasteiger partial charge in [0.25, 0.3) is 5.91 Å². The Bertz CT molecular complexity index is 424. The molecule has 0 aromatic heterocycles. The van der Waals surface area contributed by atoms with Crippen molar-refractivity contribution >= 4 is 21.8 Å². The molecule has 0 aliphatic heterocycles. The first-order valence-corrected chi connectivity index (χ1v) is 7.11. The normalized spacial score (nSPS) is 10.8. The van der Waals surface area contributed by atoms with Crippen LogP contribution in [0.3, 0.4) is 0 Å². The maximum absolute atomic E-state index is 13.5. The number of nitrogens with one attached hydrogen (secondary N) is 1. The summed E-state index contributed by atoms with van der Waals surface area (Å²) in [6, 6.07) is 4.36. The lowest BCUT2D eigenvalue weighted by Crippen LogP contribution is -2.28. The van der Waals surface area contributed by atoms with Crippen molar-refractivity contribution in [3.05, 3.63) is 34.1 Å². The summed E-state index contributed by atoms with van der Waals surface area (Å²) in [7, 11) is 0. The Hall–Kier alpha value is -0.940. The number of hydrogen-bond acceptors (Lipinski definition) is 2. The van der Waals surface area contributed by atoms with Crippen LogP contribution in [0.15, 0.2) is 22.7 Å². The average Bonchev–Trinajstić information content (AvgIpc) is 2.32. The maximum atomic E-state index is 13.5. The quantitative estimate of drug-likeness (QED) is 0.778. The molecular formula is C14H19BrFNO2. The fourth-order valence-corrected chi connectivity index (χ4v) is 1.76.